The predicted molar refractivity (Wildman–Crippen MR) is 120 cm³/mol. The molecule has 1 saturated carbocycles. The highest BCUT2D eigenvalue weighted by molar-refractivity contribution is 7.89. The summed E-state index contributed by atoms with van der Waals surface area (Å²) in [5.74, 6) is -1.32. The van der Waals surface area contributed by atoms with Crippen molar-refractivity contribution >= 4 is 27.3 Å². The topological polar surface area (TPSA) is 79.4 Å². The normalized spacial score (nSPS) is 22.7. The van der Waals surface area contributed by atoms with Crippen LogP contribution < -0.4 is 4.72 Å². The third kappa shape index (κ3) is 4.72. The number of sulfonamides is 1. The van der Waals surface area contributed by atoms with Gasteiger partial charge in [0.2, 0.25) is 15.9 Å². The van der Waals surface area contributed by atoms with E-state index in [4.69, 9.17) is 0 Å². The molecule has 1 aromatic heterocycles. The molecule has 2 aromatic rings. The molecule has 2 aliphatic rings. The minimum atomic E-state index is -3.44. The van der Waals surface area contributed by atoms with E-state index in [0.29, 0.717) is 35.7 Å². The summed E-state index contributed by atoms with van der Waals surface area (Å²) >= 11 is 1.27. The Labute approximate surface area is 191 Å². The van der Waals surface area contributed by atoms with Crippen molar-refractivity contribution in [3.8, 4) is 10.6 Å². The number of carbonyl (C=O) groups excluding carboxylic acids is 1. The molecule has 0 bridgehead atoms. The van der Waals surface area contributed by atoms with Gasteiger partial charge in [0, 0.05) is 41.4 Å². The minimum absolute atomic E-state index is 0.0339. The lowest BCUT2D eigenvalue weighted by atomic mass is 9.69. The van der Waals surface area contributed by atoms with Crippen LogP contribution in [0.15, 0.2) is 23.6 Å². The highest BCUT2D eigenvalue weighted by atomic mass is 32.2. The van der Waals surface area contributed by atoms with Gasteiger partial charge in [-0.2, -0.15) is 0 Å². The zero-order valence-corrected chi connectivity index (χ0v) is 19.7. The highest BCUT2D eigenvalue weighted by Crippen LogP contribution is 2.43. The van der Waals surface area contributed by atoms with Crippen LogP contribution in [0.3, 0.4) is 0 Å². The van der Waals surface area contributed by atoms with Crippen molar-refractivity contribution < 1.29 is 22.0 Å². The Hall–Kier alpha value is -1.91. The van der Waals surface area contributed by atoms with Crippen molar-refractivity contribution in [3.05, 3.63) is 40.9 Å². The number of halogens is 2. The summed E-state index contributed by atoms with van der Waals surface area (Å²) < 4.78 is 54.5. The molecule has 10 heteroatoms. The molecule has 0 unspecified atom stereocenters. The van der Waals surface area contributed by atoms with Gasteiger partial charge in [0.25, 0.3) is 0 Å². The summed E-state index contributed by atoms with van der Waals surface area (Å²) in [7, 11) is -3.44. The summed E-state index contributed by atoms with van der Waals surface area (Å²) in [5.41, 5.74) is 0.630. The Morgan fingerprint density at radius 1 is 1.28 bits per heavy atom. The lowest BCUT2D eigenvalue weighted by Crippen LogP contribution is -2.53. The average Bonchev–Trinajstić information content (AvgIpc) is 3.32. The van der Waals surface area contributed by atoms with Gasteiger partial charge in [0.15, 0.2) is 0 Å². The maximum atomic E-state index is 13.6. The third-order valence-corrected chi connectivity index (χ3v) is 8.93. The number of rotatable bonds is 7. The predicted octanol–water partition coefficient (Wildman–Crippen LogP) is 3.73. The molecular formula is C22H27F2N3O3S2. The van der Waals surface area contributed by atoms with E-state index < -0.39 is 27.7 Å². The summed E-state index contributed by atoms with van der Waals surface area (Å²) in [5, 5.41) is 2.28. The van der Waals surface area contributed by atoms with Crippen LogP contribution >= 0.6 is 11.3 Å². The van der Waals surface area contributed by atoms with Crippen molar-refractivity contribution in [1.82, 2.24) is 14.6 Å². The van der Waals surface area contributed by atoms with E-state index in [2.05, 4.69) is 9.71 Å². The van der Waals surface area contributed by atoms with Crippen LogP contribution in [0.2, 0.25) is 0 Å². The largest absolute Gasteiger partial charge is 0.337 e. The van der Waals surface area contributed by atoms with E-state index in [0.717, 1.165) is 25.3 Å². The first-order chi connectivity index (χ1) is 15.1. The van der Waals surface area contributed by atoms with Crippen LogP contribution in [-0.2, 0) is 21.2 Å². The van der Waals surface area contributed by atoms with E-state index in [1.165, 1.54) is 23.5 Å². The Kier molecular flexibility index (Phi) is 6.39. The molecule has 6 nitrogen and oxygen atoms in total. The second-order valence-corrected chi connectivity index (χ2v) is 11.8. The van der Waals surface area contributed by atoms with Crippen molar-refractivity contribution in [2.24, 2.45) is 5.41 Å². The summed E-state index contributed by atoms with van der Waals surface area (Å²) in [4.78, 5) is 19.6. The molecule has 4 rings (SSSR count). The van der Waals surface area contributed by atoms with Gasteiger partial charge in [0.05, 0.1) is 17.5 Å². The Morgan fingerprint density at radius 3 is 2.56 bits per heavy atom. The van der Waals surface area contributed by atoms with Gasteiger partial charge in [-0.05, 0) is 38.3 Å². The molecular weight excluding hydrogens is 456 g/mol. The van der Waals surface area contributed by atoms with E-state index in [-0.39, 0.29) is 23.1 Å². The molecule has 1 aliphatic carbocycles. The van der Waals surface area contributed by atoms with Crippen LogP contribution in [0.25, 0.3) is 10.6 Å². The smallest absolute Gasteiger partial charge is 0.228 e. The summed E-state index contributed by atoms with van der Waals surface area (Å²) in [6, 6.07) is 2.51. The number of nitrogens with one attached hydrogen (secondary N) is 1. The Bertz CT molecular complexity index is 1100. The molecule has 1 N–H and O–H groups in total. The van der Waals surface area contributed by atoms with E-state index >= 15 is 0 Å². The first-order valence-corrected chi connectivity index (χ1v) is 13.4. The zero-order chi connectivity index (χ0) is 23.1. The van der Waals surface area contributed by atoms with Crippen LogP contribution in [0.5, 0.6) is 0 Å². The number of amides is 1. The first-order valence-electron chi connectivity index (χ1n) is 10.8. The van der Waals surface area contributed by atoms with Gasteiger partial charge in [-0.25, -0.2) is 26.9 Å². The number of thiazole rings is 1. The lowest BCUT2D eigenvalue weighted by molar-refractivity contribution is -0.147. The molecule has 174 valence electrons. The minimum Gasteiger partial charge on any atom is -0.337 e. The second-order valence-electron chi connectivity index (χ2n) is 8.90. The fraction of sp³-hybridized carbons (Fsp3) is 0.545. The maximum Gasteiger partial charge on any atom is 0.228 e. The lowest BCUT2D eigenvalue weighted by Gasteiger charge is -2.41. The molecule has 2 heterocycles. The van der Waals surface area contributed by atoms with E-state index in [1.807, 2.05) is 11.8 Å². The van der Waals surface area contributed by atoms with Crippen LogP contribution in [0.4, 0.5) is 8.78 Å². The number of hydrogen-bond donors (Lipinski definition) is 1. The number of nitrogens with zero attached hydrogens (tertiary/aromatic N) is 2. The molecule has 0 spiro atoms. The van der Waals surface area contributed by atoms with Crippen LogP contribution in [0, 0.1) is 17.0 Å². The monoisotopic (exact) mass is 483 g/mol. The van der Waals surface area contributed by atoms with Crippen LogP contribution in [-0.4, -0.2) is 48.6 Å². The van der Waals surface area contributed by atoms with E-state index in [1.54, 1.807) is 12.3 Å². The fourth-order valence-corrected chi connectivity index (χ4v) is 6.23. The van der Waals surface area contributed by atoms with Gasteiger partial charge in [-0.3, -0.25) is 4.79 Å². The fourth-order valence-electron chi connectivity index (χ4n) is 4.50. The summed E-state index contributed by atoms with van der Waals surface area (Å²) in [6.07, 6.45) is 3.61. The van der Waals surface area contributed by atoms with Gasteiger partial charge in [0.1, 0.15) is 16.6 Å². The van der Waals surface area contributed by atoms with Gasteiger partial charge in [-0.15, -0.1) is 11.3 Å². The number of hydrogen-bond acceptors (Lipinski definition) is 5. The van der Waals surface area contributed by atoms with Crippen molar-refractivity contribution in [3.63, 3.8) is 0 Å². The second kappa shape index (κ2) is 8.79. The van der Waals surface area contributed by atoms with Gasteiger partial charge in [-0.1, -0.05) is 13.3 Å². The van der Waals surface area contributed by atoms with Gasteiger partial charge < -0.3 is 4.90 Å². The quantitative estimate of drug-likeness (QED) is 0.651. The zero-order valence-electron chi connectivity index (χ0n) is 18.1. The Balaban J connectivity index is 1.59. The van der Waals surface area contributed by atoms with Gasteiger partial charge >= 0.3 is 0 Å². The number of benzene rings is 1. The van der Waals surface area contributed by atoms with Crippen molar-refractivity contribution in [2.45, 2.75) is 58.0 Å². The van der Waals surface area contributed by atoms with Crippen molar-refractivity contribution in [1.29, 1.82) is 0 Å². The van der Waals surface area contributed by atoms with E-state index in [9.17, 15) is 22.0 Å². The first kappa shape index (κ1) is 23.3. The molecule has 1 saturated heterocycles. The molecule has 1 aliphatic heterocycles. The highest BCUT2D eigenvalue weighted by Gasteiger charge is 2.47. The Morgan fingerprint density at radius 2 is 1.97 bits per heavy atom. The molecule has 2 atom stereocenters. The molecule has 2 fully saturated rings. The maximum absolute atomic E-state index is 13.6. The SMILES string of the molecule is CCS(=O)(=O)N[C@H]1CCN(C(=O)C2(C)CCC2)[C@H]1Cc1csc(-c2cc(F)cc(F)c2)n1. The third-order valence-electron chi connectivity index (χ3n) is 6.57. The average molecular weight is 484 g/mol. The number of likely N-dealkylation sites (tertiary alicyclic amines) is 1. The number of carbonyl (C=O) groups is 1. The molecule has 1 aromatic carbocycles. The number of aromatic nitrogens is 1. The van der Waals surface area contributed by atoms with Crippen molar-refractivity contribution in [2.75, 3.05) is 12.3 Å². The molecule has 1 amide bonds. The van der Waals surface area contributed by atoms with Crippen LogP contribution in [0.1, 0.15) is 45.2 Å². The molecule has 0 radical (unpaired) electrons. The standard InChI is InChI=1S/C22H27F2N3O3S2/c1-3-32(29,30)26-18-5-8-27(21(28)22(2)6-4-7-22)19(18)12-17-13-31-20(25-17)14-9-15(23)11-16(24)10-14/h9-11,13,18-19,26H,3-8,12H2,1-2H3/t18-,19-/m0/s1. The summed E-state index contributed by atoms with van der Waals surface area (Å²) in [6.45, 7) is 4.04. The molecule has 32 heavy (non-hydrogen) atoms.